The van der Waals surface area contributed by atoms with Crippen LogP contribution in [0.25, 0.3) is 0 Å². The zero-order valence-corrected chi connectivity index (χ0v) is 14.3. The van der Waals surface area contributed by atoms with Crippen LogP contribution in [0.4, 0.5) is 0 Å². The highest BCUT2D eigenvalue weighted by Crippen LogP contribution is 2.36. The molecule has 0 radical (unpaired) electrons. The molecule has 5 heteroatoms. The maximum Gasteiger partial charge on any atom is 0.233 e. The Morgan fingerprint density at radius 1 is 1.41 bits per heavy atom. The minimum atomic E-state index is 0.212. The standard InChI is InChI=1S/C17H20N2OS2/c1-13(15-7-8-15)19(11-14-5-3-2-4-6-14)16(20)12-22-17-18-9-10-21-17/h2-6,9-10,13,15H,7-8,11-12H2,1H3. The molecule has 0 saturated heterocycles. The average Bonchev–Trinajstić information content (AvgIpc) is 3.27. The van der Waals surface area contributed by atoms with Gasteiger partial charge in [-0.2, -0.15) is 0 Å². The number of carbonyl (C=O) groups is 1. The molecule has 1 atom stereocenters. The van der Waals surface area contributed by atoms with Gasteiger partial charge in [-0.25, -0.2) is 4.98 Å². The fourth-order valence-corrected chi connectivity index (χ4v) is 4.08. The molecule has 1 heterocycles. The van der Waals surface area contributed by atoms with Gasteiger partial charge in [0.25, 0.3) is 0 Å². The first-order valence-electron chi connectivity index (χ1n) is 7.59. The predicted octanol–water partition coefficient (Wildman–Crippen LogP) is 4.06. The zero-order chi connectivity index (χ0) is 15.4. The summed E-state index contributed by atoms with van der Waals surface area (Å²) in [6, 6.07) is 10.6. The van der Waals surface area contributed by atoms with Crippen LogP contribution in [0.5, 0.6) is 0 Å². The van der Waals surface area contributed by atoms with Crippen molar-refractivity contribution in [3.05, 3.63) is 47.5 Å². The Kier molecular flexibility index (Phi) is 5.16. The number of hydrogen-bond donors (Lipinski definition) is 0. The molecular formula is C17H20N2OS2. The Bertz CT molecular complexity index is 596. The number of hydrogen-bond acceptors (Lipinski definition) is 4. The van der Waals surface area contributed by atoms with Gasteiger partial charge in [0.1, 0.15) is 4.34 Å². The van der Waals surface area contributed by atoms with E-state index in [0.29, 0.717) is 24.3 Å². The van der Waals surface area contributed by atoms with E-state index in [2.05, 4.69) is 24.0 Å². The minimum absolute atomic E-state index is 0.212. The Morgan fingerprint density at radius 3 is 2.82 bits per heavy atom. The predicted molar refractivity (Wildman–Crippen MR) is 92.0 cm³/mol. The molecule has 1 aromatic carbocycles. The third-order valence-electron chi connectivity index (χ3n) is 4.04. The van der Waals surface area contributed by atoms with Gasteiger partial charge in [-0.05, 0) is 31.2 Å². The first kappa shape index (κ1) is 15.6. The fraction of sp³-hybridized carbons (Fsp3) is 0.412. The normalized spacial score (nSPS) is 15.5. The number of thioether (sulfide) groups is 1. The van der Waals surface area contributed by atoms with E-state index in [1.54, 1.807) is 17.5 Å². The van der Waals surface area contributed by atoms with Crippen LogP contribution in [0, 0.1) is 5.92 Å². The van der Waals surface area contributed by atoms with E-state index in [-0.39, 0.29) is 5.91 Å². The van der Waals surface area contributed by atoms with Crippen molar-refractivity contribution in [1.29, 1.82) is 0 Å². The smallest absolute Gasteiger partial charge is 0.233 e. The van der Waals surface area contributed by atoms with Crippen LogP contribution in [-0.4, -0.2) is 27.6 Å². The Balaban J connectivity index is 1.65. The first-order chi connectivity index (χ1) is 10.7. The summed E-state index contributed by atoms with van der Waals surface area (Å²) in [5.41, 5.74) is 1.20. The average molecular weight is 332 g/mol. The Morgan fingerprint density at radius 2 is 2.18 bits per heavy atom. The molecule has 116 valence electrons. The van der Waals surface area contributed by atoms with E-state index in [1.165, 1.54) is 30.2 Å². The lowest BCUT2D eigenvalue weighted by Crippen LogP contribution is -2.40. The van der Waals surface area contributed by atoms with E-state index >= 15 is 0 Å². The van der Waals surface area contributed by atoms with Crippen LogP contribution in [-0.2, 0) is 11.3 Å². The van der Waals surface area contributed by atoms with Crippen molar-refractivity contribution in [3.63, 3.8) is 0 Å². The monoisotopic (exact) mass is 332 g/mol. The summed E-state index contributed by atoms with van der Waals surface area (Å²) in [5.74, 6) is 1.36. The highest BCUT2D eigenvalue weighted by atomic mass is 32.2. The second-order valence-corrected chi connectivity index (χ2v) is 7.79. The summed E-state index contributed by atoms with van der Waals surface area (Å²) in [7, 11) is 0. The van der Waals surface area contributed by atoms with Gasteiger partial charge in [0.2, 0.25) is 5.91 Å². The Hall–Kier alpha value is -1.33. The molecule has 1 saturated carbocycles. The van der Waals surface area contributed by atoms with Crippen LogP contribution in [0.2, 0.25) is 0 Å². The third-order valence-corrected chi connectivity index (χ3v) is 5.99. The number of aromatic nitrogens is 1. The van der Waals surface area contributed by atoms with Crippen molar-refractivity contribution in [2.24, 2.45) is 5.92 Å². The van der Waals surface area contributed by atoms with Crippen LogP contribution in [0.15, 0.2) is 46.2 Å². The summed E-state index contributed by atoms with van der Waals surface area (Å²) in [5, 5.41) is 1.95. The van der Waals surface area contributed by atoms with E-state index in [0.717, 1.165) is 4.34 Å². The van der Waals surface area contributed by atoms with Gasteiger partial charge in [-0.15, -0.1) is 11.3 Å². The number of nitrogens with zero attached hydrogens (tertiary/aromatic N) is 2. The van der Waals surface area contributed by atoms with Crippen molar-refractivity contribution in [2.75, 3.05) is 5.75 Å². The molecule has 0 spiro atoms. The third kappa shape index (κ3) is 4.11. The summed E-state index contributed by atoms with van der Waals surface area (Å²) in [6.45, 7) is 2.89. The summed E-state index contributed by atoms with van der Waals surface area (Å²) < 4.78 is 0.965. The summed E-state index contributed by atoms with van der Waals surface area (Å²) in [6.07, 6.45) is 4.28. The van der Waals surface area contributed by atoms with Gasteiger partial charge in [0, 0.05) is 24.2 Å². The lowest BCUT2D eigenvalue weighted by Gasteiger charge is -2.29. The van der Waals surface area contributed by atoms with Crippen molar-refractivity contribution in [2.45, 2.75) is 36.7 Å². The van der Waals surface area contributed by atoms with Crippen LogP contribution < -0.4 is 0 Å². The van der Waals surface area contributed by atoms with Crippen molar-refractivity contribution >= 4 is 29.0 Å². The molecule has 2 aromatic rings. The molecule has 0 N–H and O–H groups in total. The first-order valence-corrected chi connectivity index (χ1v) is 9.46. The molecule has 1 aromatic heterocycles. The highest BCUT2D eigenvalue weighted by Gasteiger charge is 2.34. The molecule has 1 aliphatic rings. The van der Waals surface area contributed by atoms with Crippen LogP contribution in [0.1, 0.15) is 25.3 Å². The van der Waals surface area contributed by atoms with Gasteiger partial charge >= 0.3 is 0 Å². The number of amides is 1. The number of benzene rings is 1. The SMILES string of the molecule is CC(C1CC1)N(Cc1ccccc1)C(=O)CSc1nccs1. The molecule has 1 amide bonds. The van der Waals surface area contributed by atoms with Gasteiger partial charge in [0.15, 0.2) is 0 Å². The van der Waals surface area contributed by atoms with E-state index in [9.17, 15) is 4.79 Å². The molecule has 22 heavy (non-hydrogen) atoms. The van der Waals surface area contributed by atoms with Crippen molar-refractivity contribution in [3.8, 4) is 0 Å². The maximum absolute atomic E-state index is 12.7. The van der Waals surface area contributed by atoms with E-state index < -0.39 is 0 Å². The molecule has 1 unspecified atom stereocenters. The lowest BCUT2D eigenvalue weighted by molar-refractivity contribution is -0.131. The van der Waals surface area contributed by atoms with Crippen LogP contribution in [0.3, 0.4) is 0 Å². The van der Waals surface area contributed by atoms with Crippen molar-refractivity contribution in [1.82, 2.24) is 9.88 Å². The maximum atomic E-state index is 12.7. The lowest BCUT2D eigenvalue weighted by atomic mass is 10.1. The second kappa shape index (κ2) is 7.29. The largest absolute Gasteiger partial charge is 0.335 e. The van der Waals surface area contributed by atoms with Crippen molar-refractivity contribution < 1.29 is 4.79 Å². The van der Waals surface area contributed by atoms with Gasteiger partial charge in [-0.3, -0.25) is 4.79 Å². The summed E-state index contributed by atoms with van der Waals surface area (Å²) in [4.78, 5) is 19.0. The number of thiazole rings is 1. The van der Waals surface area contributed by atoms with Gasteiger partial charge in [-0.1, -0.05) is 42.1 Å². The highest BCUT2D eigenvalue weighted by molar-refractivity contribution is 8.01. The molecular weight excluding hydrogens is 312 g/mol. The quantitative estimate of drug-likeness (QED) is 0.717. The van der Waals surface area contributed by atoms with Gasteiger partial charge in [0.05, 0.1) is 5.75 Å². The second-order valence-electron chi connectivity index (χ2n) is 5.67. The Labute approximate surface area is 139 Å². The zero-order valence-electron chi connectivity index (χ0n) is 12.6. The molecule has 0 aliphatic heterocycles. The minimum Gasteiger partial charge on any atom is -0.335 e. The molecule has 0 bridgehead atoms. The topological polar surface area (TPSA) is 33.2 Å². The molecule has 1 fully saturated rings. The number of carbonyl (C=O) groups excluding carboxylic acids is 1. The van der Waals surface area contributed by atoms with Gasteiger partial charge < -0.3 is 4.90 Å². The van der Waals surface area contributed by atoms with E-state index in [1.807, 2.05) is 28.5 Å². The number of rotatable bonds is 7. The fourth-order valence-electron chi connectivity index (χ4n) is 2.56. The molecule has 1 aliphatic carbocycles. The van der Waals surface area contributed by atoms with E-state index in [4.69, 9.17) is 0 Å². The molecule has 3 nitrogen and oxygen atoms in total. The molecule has 3 rings (SSSR count). The van der Waals surface area contributed by atoms with Crippen LogP contribution >= 0.6 is 23.1 Å². The summed E-state index contributed by atoms with van der Waals surface area (Å²) >= 11 is 3.13.